The third-order valence-corrected chi connectivity index (χ3v) is 4.48. The number of guanidine groups is 2. The average molecular weight is 314 g/mol. The van der Waals surface area contributed by atoms with Gasteiger partial charge in [0.2, 0.25) is 11.9 Å². The highest BCUT2D eigenvalue weighted by Crippen LogP contribution is 2.41. The molecule has 2 aliphatic rings. The molecular weight excluding hydrogens is 295 g/mol. The largest absolute Gasteiger partial charge is 0.369 e. The molecule has 1 aliphatic carbocycles. The van der Waals surface area contributed by atoms with Gasteiger partial charge in [0.25, 0.3) is 0 Å². The van der Waals surface area contributed by atoms with Crippen LogP contribution in [0.1, 0.15) is 43.2 Å². The topological polar surface area (TPSA) is 104 Å². The first-order chi connectivity index (χ1) is 11.0. The van der Waals surface area contributed by atoms with E-state index in [-0.39, 0.29) is 11.9 Å². The van der Waals surface area contributed by atoms with Gasteiger partial charge in [-0.25, -0.2) is 9.38 Å². The summed E-state index contributed by atoms with van der Waals surface area (Å²) in [6.07, 6.45) is 4.53. The zero-order valence-electron chi connectivity index (χ0n) is 13.0. The van der Waals surface area contributed by atoms with E-state index in [1.807, 2.05) is 0 Å². The van der Waals surface area contributed by atoms with E-state index in [4.69, 9.17) is 11.5 Å². The first-order valence-electron chi connectivity index (χ1n) is 7.67. The summed E-state index contributed by atoms with van der Waals surface area (Å²) < 4.78 is 14.0. The molecule has 0 bridgehead atoms. The summed E-state index contributed by atoms with van der Waals surface area (Å²) >= 11 is 0. The molecule has 1 aromatic rings. The lowest BCUT2D eigenvalue weighted by atomic mass is 9.86. The van der Waals surface area contributed by atoms with E-state index in [9.17, 15) is 9.65 Å². The van der Waals surface area contributed by atoms with Gasteiger partial charge < -0.3 is 11.5 Å². The summed E-state index contributed by atoms with van der Waals surface area (Å²) in [6, 6.07) is 4.80. The van der Waals surface area contributed by atoms with Gasteiger partial charge in [-0.15, -0.1) is 0 Å². The van der Waals surface area contributed by atoms with Crippen LogP contribution in [0.4, 0.5) is 10.1 Å². The van der Waals surface area contributed by atoms with Crippen LogP contribution in [-0.4, -0.2) is 17.6 Å². The van der Waals surface area contributed by atoms with Crippen LogP contribution in [0.5, 0.6) is 0 Å². The second-order valence-corrected chi connectivity index (χ2v) is 6.05. The number of nitrogens with zero attached hydrogens (tertiary/aromatic N) is 4. The first-order valence-corrected chi connectivity index (χ1v) is 7.67. The predicted molar refractivity (Wildman–Crippen MR) is 87.4 cm³/mol. The molecule has 0 amide bonds. The SMILES string of the molecule is Cc1cc(F)cc(N2C(N)=NC(N)=NC23CCCCC3)c1C#N. The van der Waals surface area contributed by atoms with Crippen molar-refractivity contribution in [2.24, 2.45) is 21.5 Å². The van der Waals surface area contributed by atoms with Crippen molar-refractivity contribution < 1.29 is 4.39 Å². The Balaban J connectivity index is 2.21. The van der Waals surface area contributed by atoms with Gasteiger partial charge in [0, 0.05) is 0 Å². The summed E-state index contributed by atoms with van der Waals surface area (Å²) in [7, 11) is 0. The van der Waals surface area contributed by atoms with Crippen LogP contribution in [0.2, 0.25) is 0 Å². The molecule has 0 radical (unpaired) electrons. The molecule has 1 fully saturated rings. The molecule has 120 valence electrons. The van der Waals surface area contributed by atoms with Gasteiger partial charge >= 0.3 is 0 Å². The quantitative estimate of drug-likeness (QED) is 0.828. The molecular formula is C16H19FN6. The standard InChI is InChI=1S/C16H19FN6/c1-10-7-11(17)8-13(12(10)9-18)23-15(20)21-14(19)22-16(23)5-3-2-4-6-16/h7-8H,2-6H2,1H3,(H4,19,20,21,22). The van der Waals surface area contributed by atoms with Gasteiger partial charge in [-0.1, -0.05) is 6.42 Å². The number of anilines is 1. The van der Waals surface area contributed by atoms with Crippen LogP contribution in [0.25, 0.3) is 0 Å². The second-order valence-electron chi connectivity index (χ2n) is 6.05. The van der Waals surface area contributed by atoms with Crippen molar-refractivity contribution in [3.8, 4) is 6.07 Å². The van der Waals surface area contributed by atoms with Gasteiger partial charge in [-0.05, 0) is 50.3 Å². The Kier molecular flexibility index (Phi) is 3.68. The minimum atomic E-state index is -0.681. The number of nitriles is 1. The smallest absolute Gasteiger partial charge is 0.220 e. The Morgan fingerprint density at radius 3 is 2.61 bits per heavy atom. The Morgan fingerprint density at radius 1 is 1.26 bits per heavy atom. The van der Waals surface area contributed by atoms with Crippen molar-refractivity contribution in [3.63, 3.8) is 0 Å². The predicted octanol–water partition coefficient (Wildman–Crippen LogP) is 2.12. The minimum absolute atomic E-state index is 0.132. The van der Waals surface area contributed by atoms with Crippen molar-refractivity contribution in [1.82, 2.24) is 0 Å². The maximum atomic E-state index is 14.0. The number of halogens is 1. The minimum Gasteiger partial charge on any atom is -0.369 e. The Bertz CT molecular complexity index is 740. The van der Waals surface area contributed by atoms with Crippen LogP contribution in [-0.2, 0) is 0 Å². The van der Waals surface area contributed by atoms with Gasteiger partial charge in [0.15, 0.2) is 0 Å². The van der Waals surface area contributed by atoms with Gasteiger partial charge in [-0.3, -0.25) is 4.90 Å². The highest BCUT2D eigenvalue weighted by Gasteiger charge is 2.43. The summed E-state index contributed by atoms with van der Waals surface area (Å²) in [5.74, 6) is -0.133. The van der Waals surface area contributed by atoms with Gasteiger partial charge in [-0.2, -0.15) is 10.3 Å². The van der Waals surface area contributed by atoms with Crippen LogP contribution >= 0.6 is 0 Å². The normalized spacial score (nSPS) is 20.0. The van der Waals surface area contributed by atoms with Crippen molar-refractivity contribution in [2.75, 3.05) is 4.90 Å². The molecule has 0 aromatic heterocycles. The Morgan fingerprint density at radius 2 is 1.96 bits per heavy atom. The number of benzene rings is 1. The molecule has 1 heterocycles. The van der Waals surface area contributed by atoms with Gasteiger partial charge in [0.05, 0.1) is 11.3 Å². The number of nitrogens with two attached hydrogens (primary N) is 2. The molecule has 1 aliphatic heterocycles. The first kappa shape index (κ1) is 15.3. The zero-order chi connectivity index (χ0) is 16.6. The fourth-order valence-corrected chi connectivity index (χ4v) is 3.52. The molecule has 4 N–H and O–H groups in total. The molecule has 6 nitrogen and oxygen atoms in total. The van der Waals surface area contributed by atoms with E-state index < -0.39 is 11.5 Å². The summed E-state index contributed by atoms with van der Waals surface area (Å²) in [4.78, 5) is 10.3. The third-order valence-electron chi connectivity index (χ3n) is 4.48. The van der Waals surface area contributed by atoms with Crippen LogP contribution in [0.3, 0.4) is 0 Å². The maximum absolute atomic E-state index is 14.0. The monoisotopic (exact) mass is 314 g/mol. The molecule has 1 saturated carbocycles. The highest BCUT2D eigenvalue weighted by molar-refractivity contribution is 6.06. The fraction of sp³-hybridized carbons (Fsp3) is 0.438. The van der Waals surface area contributed by atoms with Crippen molar-refractivity contribution in [1.29, 1.82) is 5.26 Å². The maximum Gasteiger partial charge on any atom is 0.220 e. The molecule has 0 unspecified atom stereocenters. The fourth-order valence-electron chi connectivity index (χ4n) is 3.52. The number of hydrogen-bond donors (Lipinski definition) is 2. The van der Waals surface area contributed by atoms with E-state index in [0.717, 1.165) is 32.1 Å². The Labute approximate surface area is 134 Å². The number of hydrogen-bond acceptors (Lipinski definition) is 6. The molecule has 1 aromatic carbocycles. The van der Waals surface area contributed by atoms with Crippen LogP contribution in [0, 0.1) is 24.1 Å². The summed E-state index contributed by atoms with van der Waals surface area (Å²) in [6.45, 7) is 1.70. The molecule has 3 rings (SSSR count). The van der Waals surface area contributed by atoms with Crippen LogP contribution < -0.4 is 16.4 Å². The summed E-state index contributed by atoms with van der Waals surface area (Å²) in [5.41, 5.74) is 12.6. The average Bonchev–Trinajstić information content (AvgIpc) is 2.46. The lowest BCUT2D eigenvalue weighted by Crippen LogP contribution is -2.58. The van der Waals surface area contributed by atoms with E-state index in [2.05, 4.69) is 16.1 Å². The van der Waals surface area contributed by atoms with Gasteiger partial charge in [0.1, 0.15) is 17.5 Å². The molecule has 0 saturated heterocycles. The molecule has 7 heteroatoms. The van der Waals surface area contributed by atoms with E-state index in [1.54, 1.807) is 11.8 Å². The summed E-state index contributed by atoms with van der Waals surface area (Å²) in [5, 5.41) is 9.51. The molecule has 23 heavy (non-hydrogen) atoms. The highest BCUT2D eigenvalue weighted by atomic mass is 19.1. The number of aliphatic imine (C=N–C) groups is 2. The van der Waals surface area contributed by atoms with Crippen molar-refractivity contribution >= 4 is 17.6 Å². The number of aryl methyl sites for hydroxylation is 1. The second kappa shape index (κ2) is 5.54. The van der Waals surface area contributed by atoms with E-state index in [1.165, 1.54) is 12.1 Å². The zero-order valence-corrected chi connectivity index (χ0v) is 13.0. The Hall–Kier alpha value is -2.62. The van der Waals surface area contributed by atoms with E-state index >= 15 is 0 Å². The lowest BCUT2D eigenvalue weighted by Gasteiger charge is -2.45. The molecule has 0 atom stereocenters. The lowest BCUT2D eigenvalue weighted by molar-refractivity contribution is 0.305. The van der Waals surface area contributed by atoms with E-state index in [0.29, 0.717) is 16.8 Å². The van der Waals surface area contributed by atoms with Crippen molar-refractivity contribution in [2.45, 2.75) is 44.7 Å². The van der Waals surface area contributed by atoms with Crippen molar-refractivity contribution in [3.05, 3.63) is 29.1 Å². The third kappa shape index (κ3) is 2.50. The van der Waals surface area contributed by atoms with Crippen LogP contribution in [0.15, 0.2) is 22.1 Å². The number of rotatable bonds is 1. The molecule has 1 spiro atoms.